The second kappa shape index (κ2) is 8.68. The Kier molecular flexibility index (Phi) is 6.32. The summed E-state index contributed by atoms with van der Waals surface area (Å²) in [5, 5.41) is 3.24. The minimum absolute atomic E-state index is 0.124. The van der Waals surface area contributed by atoms with Crippen LogP contribution in [-0.4, -0.2) is 72.6 Å². The number of hydrogen-bond donors (Lipinski definition) is 1. The van der Waals surface area contributed by atoms with Crippen LogP contribution in [-0.2, 0) is 6.54 Å². The van der Waals surface area contributed by atoms with Crippen molar-refractivity contribution < 1.29 is 4.79 Å². The van der Waals surface area contributed by atoms with Gasteiger partial charge >= 0.3 is 6.03 Å². The van der Waals surface area contributed by atoms with Gasteiger partial charge in [-0.25, -0.2) is 4.79 Å². The molecule has 0 radical (unpaired) electrons. The number of likely N-dealkylation sites (tertiary alicyclic amines) is 1. The summed E-state index contributed by atoms with van der Waals surface area (Å²) in [4.78, 5) is 19.4. The zero-order valence-corrected chi connectivity index (χ0v) is 15.7. The van der Waals surface area contributed by atoms with Gasteiger partial charge in [-0.15, -0.1) is 0 Å². The van der Waals surface area contributed by atoms with Gasteiger partial charge in [0, 0.05) is 51.9 Å². The molecule has 138 valence electrons. The Morgan fingerprint density at radius 1 is 1.16 bits per heavy atom. The number of rotatable bonds is 5. The van der Waals surface area contributed by atoms with E-state index in [0.29, 0.717) is 6.04 Å². The molecular formula is C20H32N4O. The largest absolute Gasteiger partial charge is 0.334 e. The van der Waals surface area contributed by atoms with Crippen LogP contribution in [0.4, 0.5) is 4.79 Å². The molecule has 3 rings (SSSR count). The van der Waals surface area contributed by atoms with Crippen molar-refractivity contribution in [2.45, 2.75) is 39.3 Å². The molecule has 2 aliphatic rings. The number of aryl methyl sites for hydroxylation is 1. The van der Waals surface area contributed by atoms with Gasteiger partial charge in [0.15, 0.2) is 0 Å². The lowest BCUT2D eigenvalue weighted by Crippen LogP contribution is -2.53. The molecule has 0 aliphatic carbocycles. The summed E-state index contributed by atoms with van der Waals surface area (Å²) in [6.45, 7) is 12.1. The molecular weight excluding hydrogens is 312 g/mol. The summed E-state index contributed by atoms with van der Waals surface area (Å²) in [7, 11) is 0. The number of piperazine rings is 1. The molecule has 2 amide bonds. The Hall–Kier alpha value is -1.59. The molecule has 5 heteroatoms. The predicted molar refractivity (Wildman–Crippen MR) is 102 cm³/mol. The third-order valence-electron chi connectivity index (χ3n) is 5.29. The van der Waals surface area contributed by atoms with Crippen LogP contribution in [0.25, 0.3) is 0 Å². The molecule has 2 aliphatic heterocycles. The Morgan fingerprint density at radius 3 is 2.68 bits per heavy atom. The number of nitrogens with one attached hydrogen (secondary N) is 1. The molecule has 1 atom stereocenters. The molecule has 0 spiro atoms. The summed E-state index contributed by atoms with van der Waals surface area (Å²) in [6, 6.07) is 9.15. The van der Waals surface area contributed by atoms with E-state index in [4.69, 9.17) is 0 Å². The highest BCUT2D eigenvalue weighted by Crippen LogP contribution is 2.12. The Bertz CT molecular complexity index is 569. The highest BCUT2D eigenvalue weighted by molar-refractivity contribution is 5.74. The second-order valence-corrected chi connectivity index (χ2v) is 7.49. The molecule has 1 aromatic rings. The lowest BCUT2D eigenvalue weighted by Gasteiger charge is -2.35. The van der Waals surface area contributed by atoms with Gasteiger partial charge in [0.25, 0.3) is 0 Å². The Morgan fingerprint density at radius 2 is 1.96 bits per heavy atom. The van der Waals surface area contributed by atoms with Crippen LogP contribution in [0.5, 0.6) is 0 Å². The zero-order chi connectivity index (χ0) is 17.6. The Labute approximate surface area is 152 Å². The van der Waals surface area contributed by atoms with Crippen LogP contribution in [0.15, 0.2) is 24.3 Å². The first-order chi connectivity index (χ1) is 12.1. The van der Waals surface area contributed by atoms with E-state index in [-0.39, 0.29) is 6.03 Å². The van der Waals surface area contributed by atoms with Crippen LogP contribution >= 0.6 is 0 Å². The smallest absolute Gasteiger partial charge is 0.317 e. The maximum Gasteiger partial charge on any atom is 0.317 e. The first-order valence-electron chi connectivity index (χ1n) is 9.69. The maximum absolute atomic E-state index is 12.5. The van der Waals surface area contributed by atoms with E-state index in [1.54, 1.807) is 0 Å². The number of carbonyl (C=O) groups excluding carboxylic acids is 1. The number of carbonyl (C=O) groups is 1. The van der Waals surface area contributed by atoms with E-state index in [9.17, 15) is 4.79 Å². The number of benzene rings is 1. The van der Waals surface area contributed by atoms with Gasteiger partial charge in [0.1, 0.15) is 0 Å². The molecule has 0 aromatic heterocycles. The fraction of sp³-hybridized carbons (Fsp3) is 0.650. The average Bonchev–Trinajstić information content (AvgIpc) is 3.03. The quantitative estimate of drug-likeness (QED) is 0.891. The van der Waals surface area contributed by atoms with Crippen molar-refractivity contribution in [3.05, 3.63) is 35.4 Å². The van der Waals surface area contributed by atoms with Crippen molar-refractivity contribution in [1.29, 1.82) is 0 Å². The van der Waals surface area contributed by atoms with Gasteiger partial charge in [-0.3, -0.25) is 4.90 Å². The molecule has 0 unspecified atom stereocenters. The fourth-order valence-electron chi connectivity index (χ4n) is 3.91. The van der Waals surface area contributed by atoms with Crippen molar-refractivity contribution in [2.75, 3.05) is 45.8 Å². The van der Waals surface area contributed by atoms with Crippen LogP contribution in [0.3, 0.4) is 0 Å². The SMILES string of the molecule is CCCN1CC[C@@H](NC(=O)N2CCN(Cc3cccc(C)c3)CC2)C1. The van der Waals surface area contributed by atoms with Crippen LogP contribution < -0.4 is 5.32 Å². The van der Waals surface area contributed by atoms with Crippen molar-refractivity contribution in [1.82, 2.24) is 20.0 Å². The van der Waals surface area contributed by atoms with E-state index >= 15 is 0 Å². The van der Waals surface area contributed by atoms with E-state index in [1.165, 1.54) is 17.5 Å². The normalized spacial score (nSPS) is 22.3. The minimum Gasteiger partial charge on any atom is -0.334 e. The van der Waals surface area contributed by atoms with Crippen molar-refractivity contribution >= 4 is 6.03 Å². The third kappa shape index (κ3) is 5.19. The number of hydrogen-bond acceptors (Lipinski definition) is 3. The van der Waals surface area contributed by atoms with Crippen LogP contribution in [0, 0.1) is 6.92 Å². The average molecular weight is 345 g/mol. The van der Waals surface area contributed by atoms with Crippen molar-refractivity contribution in [3.63, 3.8) is 0 Å². The van der Waals surface area contributed by atoms with E-state index in [1.807, 2.05) is 4.90 Å². The molecule has 2 fully saturated rings. The molecule has 2 saturated heterocycles. The van der Waals surface area contributed by atoms with E-state index < -0.39 is 0 Å². The first-order valence-corrected chi connectivity index (χ1v) is 9.69. The number of nitrogens with zero attached hydrogens (tertiary/aromatic N) is 3. The van der Waals surface area contributed by atoms with Gasteiger partial charge in [-0.1, -0.05) is 36.8 Å². The van der Waals surface area contributed by atoms with E-state index in [2.05, 4.69) is 53.2 Å². The molecule has 5 nitrogen and oxygen atoms in total. The third-order valence-corrected chi connectivity index (χ3v) is 5.29. The topological polar surface area (TPSA) is 38.8 Å². The highest BCUT2D eigenvalue weighted by Gasteiger charge is 2.26. The molecule has 2 heterocycles. The van der Waals surface area contributed by atoms with Gasteiger partial charge < -0.3 is 15.1 Å². The number of urea groups is 1. The summed E-state index contributed by atoms with van der Waals surface area (Å²) >= 11 is 0. The second-order valence-electron chi connectivity index (χ2n) is 7.49. The molecule has 1 N–H and O–H groups in total. The highest BCUT2D eigenvalue weighted by atomic mass is 16.2. The van der Waals surface area contributed by atoms with Crippen LogP contribution in [0.2, 0.25) is 0 Å². The van der Waals surface area contributed by atoms with Gasteiger partial charge in [0.2, 0.25) is 0 Å². The van der Waals surface area contributed by atoms with Gasteiger partial charge in [0.05, 0.1) is 0 Å². The summed E-state index contributed by atoms with van der Waals surface area (Å²) < 4.78 is 0. The van der Waals surface area contributed by atoms with Crippen LogP contribution in [0.1, 0.15) is 30.9 Å². The summed E-state index contributed by atoms with van der Waals surface area (Å²) in [5.74, 6) is 0. The molecule has 25 heavy (non-hydrogen) atoms. The maximum atomic E-state index is 12.5. The van der Waals surface area contributed by atoms with Crippen molar-refractivity contribution in [2.24, 2.45) is 0 Å². The predicted octanol–water partition coefficient (Wildman–Crippen LogP) is 2.31. The van der Waals surface area contributed by atoms with E-state index in [0.717, 1.165) is 58.8 Å². The van der Waals surface area contributed by atoms with Crippen molar-refractivity contribution in [3.8, 4) is 0 Å². The lowest BCUT2D eigenvalue weighted by atomic mass is 10.1. The lowest BCUT2D eigenvalue weighted by molar-refractivity contribution is 0.133. The fourth-order valence-corrected chi connectivity index (χ4v) is 3.91. The standard InChI is InChI=1S/C20H32N4O/c1-3-8-22-9-7-19(16-22)21-20(25)24-12-10-23(11-13-24)15-18-6-4-5-17(2)14-18/h4-6,14,19H,3,7-13,15-16H2,1-2H3,(H,21,25)/t19-/m1/s1. The molecule has 1 aromatic carbocycles. The van der Waals surface area contributed by atoms with Gasteiger partial charge in [-0.05, 0) is 31.9 Å². The summed E-state index contributed by atoms with van der Waals surface area (Å²) in [6.07, 6.45) is 2.27. The molecule has 0 bridgehead atoms. The summed E-state index contributed by atoms with van der Waals surface area (Å²) in [5.41, 5.74) is 2.67. The monoisotopic (exact) mass is 344 g/mol. The molecule has 0 saturated carbocycles. The number of amides is 2. The zero-order valence-electron chi connectivity index (χ0n) is 15.7. The Balaban J connectivity index is 1.40. The minimum atomic E-state index is 0.124. The first kappa shape index (κ1) is 18.2. The van der Waals surface area contributed by atoms with Gasteiger partial charge in [-0.2, -0.15) is 0 Å².